The maximum absolute atomic E-state index is 5.56. The SMILES string of the molecule is CCc1nn(C)c(OC)c1CN[C@H]1[C@@H]2CCCC[C@@H]2C1(C)C. The highest BCUT2D eigenvalue weighted by Gasteiger charge is 2.55. The van der Waals surface area contributed by atoms with Crippen LogP contribution in [0.2, 0.25) is 0 Å². The Morgan fingerprint density at radius 1 is 1.32 bits per heavy atom. The molecule has 0 aliphatic heterocycles. The molecule has 22 heavy (non-hydrogen) atoms. The molecule has 0 amide bonds. The third kappa shape index (κ3) is 2.36. The molecular weight excluding hydrogens is 274 g/mol. The van der Waals surface area contributed by atoms with Crippen LogP contribution in [0.15, 0.2) is 0 Å². The van der Waals surface area contributed by atoms with Gasteiger partial charge in [0.25, 0.3) is 0 Å². The average Bonchev–Trinajstić information content (AvgIpc) is 2.82. The van der Waals surface area contributed by atoms with Gasteiger partial charge in [-0.1, -0.05) is 33.6 Å². The smallest absolute Gasteiger partial charge is 0.216 e. The van der Waals surface area contributed by atoms with Gasteiger partial charge in [-0.3, -0.25) is 0 Å². The summed E-state index contributed by atoms with van der Waals surface area (Å²) in [4.78, 5) is 0. The van der Waals surface area contributed by atoms with Gasteiger partial charge in [0.1, 0.15) is 0 Å². The largest absolute Gasteiger partial charge is 0.481 e. The fraction of sp³-hybridized carbons (Fsp3) is 0.833. The van der Waals surface area contributed by atoms with Crippen molar-refractivity contribution in [1.82, 2.24) is 15.1 Å². The van der Waals surface area contributed by atoms with Crippen molar-refractivity contribution >= 4 is 0 Å². The predicted molar refractivity (Wildman–Crippen MR) is 89.0 cm³/mol. The van der Waals surface area contributed by atoms with Crippen molar-refractivity contribution < 1.29 is 4.74 Å². The number of rotatable bonds is 5. The van der Waals surface area contributed by atoms with Gasteiger partial charge in [0, 0.05) is 19.6 Å². The van der Waals surface area contributed by atoms with E-state index in [1.54, 1.807) is 7.11 Å². The summed E-state index contributed by atoms with van der Waals surface area (Å²) >= 11 is 0. The normalized spacial score (nSPS) is 29.8. The molecule has 1 aromatic heterocycles. The maximum Gasteiger partial charge on any atom is 0.216 e. The number of nitrogens with one attached hydrogen (secondary N) is 1. The van der Waals surface area contributed by atoms with E-state index >= 15 is 0 Å². The lowest BCUT2D eigenvalue weighted by molar-refractivity contribution is -0.0882. The monoisotopic (exact) mass is 305 g/mol. The first-order valence-corrected chi connectivity index (χ1v) is 8.82. The Hall–Kier alpha value is -1.03. The van der Waals surface area contributed by atoms with E-state index in [9.17, 15) is 0 Å². The molecule has 0 radical (unpaired) electrons. The molecule has 0 spiro atoms. The summed E-state index contributed by atoms with van der Waals surface area (Å²) < 4.78 is 7.43. The van der Waals surface area contributed by atoms with E-state index in [4.69, 9.17) is 4.74 Å². The Morgan fingerprint density at radius 3 is 2.73 bits per heavy atom. The Balaban J connectivity index is 1.73. The zero-order valence-electron chi connectivity index (χ0n) is 14.8. The summed E-state index contributed by atoms with van der Waals surface area (Å²) in [6, 6.07) is 0.632. The van der Waals surface area contributed by atoms with Crippen LogP contribution in [-0.4, -0.2) is 22.9 Å². The zero-order valence-corrected chi connectivity index (χ0v) is 14.8. The maximum atomic E-state index is 5.56. The lowest BCUT2D eigenvalue weighted by Gasteiger charge is -2.61. The Labute approximate surface area is 134 Å². The van der Waals surface area contributed by atoms with Crippen molar-refractivity contribution in [3.63, 3.8) is 0 Å². The van der Waals surface area contributed by atoms with Crippen LogP contribution in [0.4, 0.5) is 0 Å². The predicted octanol–water partition coefficient (Wildman–Crippen LogP) is 3.30. The summed E-state index contributed by atoms with van der Waals surface area (Å²) in [6.07, 6.45) is 6.61. The fourth-order valence-corrected chi connectivity index (χ4v) is 5.10. The average molecular weight is 305 g/mol. The topological polar surface area (TPSA) is 39.1 Å². The third-order valence-corrected chi connectivity index (χ3v) is 6.20. The van der Waals surface area contributed by atoms with Crippen LogP contribution < -0.4 is 10.1 Å². The van der Waals surface area contributed by atoms with E-state index in [0.29, 0.717) is 11.5 Å². The highest BCUT2D eigenvalue weighted by molar-refractivity contribution is 5.32. The van der Waals surface area contributed by atoms with Gasteiger partial charge in [-0.15, -0.1) is 0 Å². The molecule has 1 aromatic rings. The minimum Gasteiger partial charge on any atom is -0.481 e. The summed E-state index contributed by atoms with van der Waals surface area (Å²) in [7, 11) is 3.70. The van der Waals surface area contributed by atoms with Crippen molar-refractivity contribution in [1.29, 1.82) is 0 Å². The quantitative estimate of drug-likeness (QED) is 0.907. The Morgan fingerprint density at radius 2 is 2.05 bits per heavy atom. The molecule has 0 bridgehead atoms. The van der Waals surface area contributed by atoms with E-state index in [2.05, 4.69) is 31.2 Å². The number of ether oxygens (including phenoxy) is 1. The summed E-state index contributed by atoms with van der Waals surface area (Å²) in [5.74, 6) is 2.69. The molecule has 2 aliphatic carbocycles. The molecule has 124 valence electrons. The molecule has 1 N–H and O–H groups in total. The van der Waals surface area contributed by atoms with Crippen LogP contribution in [0.5, 0.6) is 5.88 Å². The first-order valence-electron chi connectivity index (χ1n) is 8.82. The van der Waals surface area contributed by atoms with Crippen molar-refractivity contribution in [3.05, 3.63) is 11.3 Å². The van der Waals surface area contributed by atoms with Gasteiger partial charge in [-0.25, -0.2) is 4.68 Å². The van der Waals surface area contributed by atoms with Crippen LogP contribution >= 0.6 is 0 Å². The summed E-state index contributed by atoms with van der Waals surface area (Å²) in [5, 5.41) is 8.45. The van der Waals surface area contributed by atoms with E-state index in [1.165, 1.54) is 31.2 Å². The molecule has 2 fully saturated rings. The van der Waals surface area contributed by atoms with Crippen molar-refractivity contribution in [2.45, 2.75) is 65.5 Å². The minimum atomic E-state index is 0.424. The lowest BCUT2D eigenvalue weighted by atomic mass is 9.48. The highest BCUT2D eigenvalue weighted by Crippen LogP contribution is 2.57. The second kappa shape index (κ2) is 5.88. The lowest BCUT2D eigenvalue weighted by Crippen LogP contribution is -2.64. The van der Waals surface area contributed by atoms with Gasteiger partial charge in [0.05, 0.1) is 18.4 Å². The first-order chi connectivity index (χ1) is 10.5. The molecule has 0 unspecified atom stereocenters. The van der Waals surface area contributed by atoms with Gasteiger partial charge >= 0.3 is 0 Å². The molecule has 1 heterocycles. The van der Waals surface area contributed by atoms with Crippen LogP contribution in [0.25, 0.3) is 0 Å². The molecule has 2 saturated carbocycles. The van der Waals surface area contributed by atoms with Crippen LogP contribution in [0.3, 0.4) is 0 Å². The van der Waals surface area contributed by atoms with E-state index < -0.39 is 0 Å². The number of hydrogen-bond donors (Lipinski definition) is 1. The van der Waals surface area contributed by atoms with Gasteiger partial charge in [0.15, 0.2) is 0 Å². The van der Waals surface area contributed by atoms with Crippen molar-refractivity contribution in [2.24, 2.45) is 24.3 Å². The standard InChI is InChI=1S/C18H31N3O/c1-6-15-13(17(22-5)21(4)20-15)11-19-16-12-9-7-8-10-14(12)18(16,2)3/h12,14,16,19H,6-11H2,1-5H3/t12-,14+,16+/m1/s1. The van der Waals surface area contributed by atoms with E-state index in [1.807, 2.05) is 11.7 Å². The van der Waals surface area contributed by atoms with Gasteiger partial charge in [0.2, 0.25) is 5.88 Å². The second-order valence-corrected chi connectivity index (χ2v) is 7.65. The highest BCUT2D eigenvalue weighted by atomic mass is 16.5. The van der Waals surface area contributed by atoms with Crippen LogP contribution in [-0.2, 0) is 20.0 Å². The van der Waals surface area contributed by atoms with E-state index in [0.717, 1.165) is 36.4 Å². The second-order valence-electron chi connectivity index (χ2n) is 7.65. The van der Waals surface area contributed by atoms with Gasteiger partial charge in [-0.2, -0.15) is 5.10 Å². The number of aromatic nitrogens is 2. The third-order valence-electron chi connectivity index (χ3n) is 6.20. The zero-order chi connectivity index (χ0) is 15.9. The van der Waals surface area contributed by atoms with Crippen molar-refractivity contribution in [2.75, 3.05) is 7.11 Å². The van der Waals surface area contributed by atoms with Gasteiger partial charge < -0.3 is 10.1 Å². The summed E-state index contributed by atoms with van der Waals surface area (Å²) in [5.41, 5.74) is 2.82. The number of methoxy groups -OCH3 is 1. The number of aryl methyl sites for hydroxylation is 2. The van der Waals surface area contributed by atoms with Gasteiger partial charge in [-0.05, 0) is 36.5 Å². The molecule has 3 rings (SSSR count). The Bertz CT molecular complexity index is 535. The number of nitrogens with zero attached hydrogens (tertiary/aromatic N) is 2. The van der Waals surface area contributed by atoms with Crippen LogP contribution in [0.1, 0.15) is 57.7 Å². The fourth-order valence-electron chi connectivity index (χ4n) is 5.10. The molecule has 2 aliphatic rings. The minimum absolute atomic E-state index is 0.424. The Kier molecular flexibility index (Phi) is 4.23. The molecule has 4 heteroatoms. The molecule has 3 atom stereocenters. The molecule has 0 saturated heterocycles. The number of hydrogen-bond acceptors (Lipinski definition) is 3. The van der Waals surface area contributed by atoms with E-state index in [-0.39, 0.29) is 0 Å². The number of fused-ring (bicyclic) bond motifs is 1. The molecule has 4 nitrogen and oxygen atoms in total. The molecular formula is C18H31N3O. The molecule has 0 aromatic carbocycles. The van der Waals surface area contributed by atoms with Crippen LogP contribution in [0, 0.1) is 17.3 Å². The first kappa shape index (κ1) is 15.9. The van der Waals surface area contributed by atoms with Crippen molar-refractivity contribution in [3.8, 4) is 5.88 Å². The summed E-state index contributed by atoms with van der Waals surface area (Å²) in [6.45, 7) is 7.92.